The fraction of sp³-hybridized carbons (Fsp3) is 0.259. The summed E-state index contributed by atoms with van der Waals surface area (Å²) in [6.07, 6.45) is 2.27. The highest BCUT2D eigenvalue weighted by Crippen LogP contribution is 2.28. The fourth-order valence-electron chi connectivity index (χ4n) is 3.92. The van der Waals surface area contributed by atoms with E-state index in [0.29, 0.717) is 35.6 Å². The van der Waals surface area contributed by atoms with E-state index >= 15 is 0 Å². The molecule has 3 aromatic carbocycles. The first-order valence-corrected chi connectivity index (χ1v) is 13.1. The summed E-state index contributed by atoms with van der Waals surface area (Å²) in [4.78, 5) is 13.1. The molecule has 4 N–H and O–H groups in total. The number of carbonyl (C=O) groups excluding carboxylic acids is 1. The highest BCUT2D eigenvalue weighted by Gasteiger charge is 2.19. The lowest BCUT2D eigenvalue weighted by molar-refractivity contribution is -0.117. The number of nitrogen functional groups attached to an aromatic ring is 1. The van der Waals surface area contributed by atoms with Gasteiger partial charge < -0.3 is 11.1 Å². The van der Waals surface area contributed by atoms with Crippen LogP contribution in [0.2, 0.25) is 0 Å². The SMILES string of the molecule is CC(C)C(CC(=O)Nc1ccc(-c2ccccc2S(C)(=O)=O)cc1)Cc1cccc(C(=N)N)c1. The average molecular weight is 478 g/mol. The molecule has 34 heavy (non-hydrogen) atoms. The van der Waals surface area contributed by atoms with Crippen LogP contribution in [0.1, 0.15) is 31.4 Å². The molecule has 0 bridgehead atoms. The number of hydrogen-bond acceptors (Lipinski definition) is 4. The molecule has 0 saturated heterocycles. The minimum absolute atomic E-state index is 0.0308. The molecule has 0 aliphatic heterocycles. The molecule has 0 spiro atoms. The maximum absolute atomic E-state index is 12.8. The Morgan fingerprint density at radius 2 is 1.68 bits per heavy atom. The van der Waals surface area contributed by atoms with Gasteiger partial charge in [-0.3, -0.25) is 10.2 Å². The summed E-state index contributed by atoms with van der Waals surface area (Å²) in [5.74, 6) is 0.374. The number of sulfone groups is 1. The molecule has 0 heterocycles. The third kappa shape index (κ3) is 6.54. The number of nitrogens with two attached hydrogens (primary N) is 1. The lowest BCUT2D eigenvalue weighted by atomic mass is 9.86. The number of nitrogens with one attached hydrogen (secondary N) is 2. The Morgan fingerprint density at radius 3 is 2.29 bits per heavy atom. The summed E-state index contributed by atoms with van der Waals surface area (Å²) in [5.41, 5.74) is 9.40. The van der Waals surface area contributed by atoms with Crippen LogP contribution in [0, 0.1) is 17.2 Å². The summed E-state index contributed by atoms with van der Waals surface area (Å²) in [7, 11) is -3.35. The first-order valence-electron chi connectivity index (χ1n) is 11.2. The van der Waals surface area contributed by atoms with Gasteiger partial charge in [-0.1, -0.05) is 62.4 Å². The van der Waals surface area contributed by atoms with Crippen LogP contribution >= 0.6 is 0 Å². The van der Waals surface area contributed by atoms with Crippen LogP contribution in [-0.4, -0.2) is 26.4 Å². The number of carbonyl (C=O) groups is 1. The van der Waals surface area contributed by atoms with E-state index in [1.165, 1.54) is 6.26 Å². The van der Waals surface area contributed by atoms with E-state index in [1.807, 2.05) is 30.3 Å². The van der Waals surface area contributed by atoms with Crippen molar-refractivity contribution in [1.29, 1.82) is 5.41 Å². The molecule has 1 unspecified atom stereocenters. The van der Waals surface area contributed by atoms with Crippen molar-refractivity contribution in [3.05, 3.63) is 83.9 Å². The zero-order valence-corrected chi connectivity index (χ0v) is 20.5. The monoisotopic (exact) mass is 477 g/mol. The van der Waals surface area contributed by atoms with E-state index in [1.54, 1.807) is 42.5 Å². The first kappa shape index (κ1) is 25.2. The molecule has 7 heteroatoms. The number of amidine groups is 1. The highest BCUT2D eigenvalue weighted by molar-refractivity contribution is 7.90. The quantitative estimate of drug-likeness (QED) is 0.301. The number of benzene rings is 3. The third-order valence-electron chi connectivity index (χ3n) is 5.89. The molecule has 3 rings (SSSR count). The standard InChI is InChI=1S/C27H31N3O3S/c1-18(2)22(16-19-7-6-8-21(15-19)27(28)29)17-26(31)30-23-13-11-20(12-14-23)24-9-4-5-10-25(24)34(3,32)33/h4-15,18,22H,16-17H2,1-3H3,(H3,28,29)(H,30,31). The molecule has 0 radical (unpaired) electrons. The van der Waals surface area contributed by atoms with Crippen LogP contribution < -0.4 is 11.1 Å². The lowest BCUT2D eigenvalue weighted by Gasteiger charge is -2.21. The number of rotatable bonds is 9. The van der Waals surface area contributed by atoms with Crippen molar-refractivity contribution >= 4 is 27.3 Å². The minimum atomic E-state index is -3.35. The Bertz CT molecular complexity index is 1280. The normalized spacial score (nSPS) is 12.4. The van der Waals surface area contributed by atoms with E-state index in [-0.39, 0.29) is 22.6 Å². The van der Waals surface area contributed by atoms with Crippen LogP contribution in [0.4, 0.5) is 5.69 Å². The predicted octanol–water partition coefficient (Wildman–Crippen LogP) is 4.88. The Hall–Kier alpha value is -3.45. The second-order valence-corrected chi connectivity index (χ2v) is 10.9. The molecular weight excluding hydrogens is 446 g/mol. The molecular formula is C27H31N3O3S. The van der Waals surface area contributed by atoms with E-state index in [0.717, 1.165) is 11.1 Å². The molecule has 0 fully saturated rings. The van der Waals surface area contributed by atoms with Gasteiger partial charge in [-0.2, -0.15) is 0 Å². The van der Waals surface area contributed by atoms with Gasteiger partial charge in [-0.25, -0.2) is 8.42 Å². The summed E-state index contributed by atoms with van der Waals surface area (Å²) >= 11 is 0. The van der Waals surface area contributed by atoms with Crippen molar-refractivity contribution in [2.24, 2.45) is 17.6 Å². The van der Waals surface area contributed by atoms with Gasteiger partial charge in [-0.15, -0.1) is 0 Å². The zero-order chi connectivity index (χ0) is 24.9. The topological polar surface area (TPSA) is 113 Å². The summed E-state index contributed by atoms with van der Waals surface area (Å²) in [6.45, 7) is 4.20. The van der Waals surface area contributed by atoms with Gasteiger partial charge in [0.15, 0.2) is 9.84 Å². The molecule has 0 aliphatic rings. The molecule has 0 aromatic heterocycles. The van der Waals surface area contributed by atoms with Gasteiger partial charge in [0.2, 0.25) is 5.91 Å². The van der Waals surface area contributed by atoms with Crippen LogP contribution in [0.15, 0.2) is 77.7 Å². The summed E-state index contributed by atoms with van der Waals surface area (Å²) < 4.78 is 24.2. The fourth-order valence-corrected chi connectivity index (χ4v) is 4.84. The van der Waals surface area contributed by atoms with Crippen molar-refractivity contribution < 1.29 is 13.2 Å². The van der Waals surface area contributed by atoms with E-state index in [4.69, 9.17) is 11.1 Å². The van der Waals surface area contributed by atoms with Gasteiger partial charge >= 0.3 is 0 Å². The van der Waals surface area contributed by atoms with E-state index < -0.39 is 9.84 Å². The second kappa shape index (κ2) is 10.7. The maximum atomic E-state index is 12.8. The molecule has 178 valence electrons. The number of amides is 1. The Balaban J connectivity index is 1.69. The number of hydrogen-bond donors (Lipinski definition) is 3. The van der Waals surface area contributed by atoms with E-state index in [2.05, 4.69) is 19.2 Å². The van der Waals surface area contributed by atoms with Crippen LogP contribution in [0.25, 0.3) is 11.1 Å². The largest absolute Gasteiger partial charge is 0.384 e. The van der Waals surface area contributed by atoms with E-state index in [9.17, 15) is 13.2 Å². The Kier molecular flexibility index (Phi) is 7.89. The highest BCUT2D eigenvalue weighted by atomic mass is 32.2. The van der Waals surface area contributed by atoms with Gasteiger partial charge in [0.1, 0.15) is 5.84 Å². The van der Waals surface area contributed by atoms with Crippen LogP contribution in [0.5, 0.6) is 0 Å². The zero-order valence-electron chi connectivity index (χ0n) is 19.7. The predicted molar refractivity (Wildman–Crippen MR) is 138 cm³/mol. The summed E-state index contributed by atoms with van der Waals surface area (Å²) in [6, 6.07) is 21.7. The van der Waals surface area contributed by atoms with Crippen molar-refractivity contribution in [1.82, 2.24) is 0 Å². The third-order valence-corrected chi connectivity index (χ3v) is 7.05. The Labute approximate surface area is 201 Å². The lowest BCUT2D eigenvalue weighted by Crippen LogP contribution is -2.22. The van der Waals surface area contributed by atoms with Crippen molar-refractivity contribution in [2.45, 2.75) is 31.6 Å². The molecule has 6 nitrogen and oxygen atoms in total. The first-order chi connectivity index (χ1) is 16.0. The van der Waals surface area contributed by atoms with Crippen molar-refractivity contribution in [3.8, 4) is 11.1 Å². The molecule has 0 saturated carbocycles. The molecule has 1 atom stereocenters. The van der Waals surface area contributed by atoms with Gasteiger partial charge in [0, 0.05) is 29.5 Å². The minimum Gasteiger partial charge on any atom is -0.384 e. The molecule has 0 aliphatic carbocycles. The smallest absolute Gasteiger partial charge is 0.224 e. The van der Waals surface area contributed by atoms with Crippen LogP contribution in [0.3, 0.4) is 0 Å². The van der Waals surface area contributed by atoms with Gasteiger partial charge in [0.25, 0.3) is 0 Å². The Morgan fingerprint density at radius 1 is 1.00 bits per heavy atom. The maximum Gasteiger partial charge on any atom is 0.224 e. The molecule has 3 aromatic rings. The second-order valence-electron chi connectivity index (χ2n) is 8.92. The molecule has 1 amide bonds. The van der Waals surface area contributed by atoms with Crippen molar-refractivity contribution in [2.75, 3.05) is 11.6 Å². The van der Waals surface area contributed by atoms with Gasteiger partial charge in [-0.05, 0) is 53.6 Å². The van der Waals surface area contributed by atoms with Gasteiger partial charge in [0.05, 0.1) is 4.90 Å². The van der Waals surface area contributed by atoms with Crippen molar-refractivity contribution in [3.63, 3.8) is 0 Å². The van der Waals surface area contributed by atoms with Crippen LogP contribution in [-0.2, 0) is 21.1 Å². The summed E-state index contributed by atoms with van der Waals surface area (Å²) in [5, 5.41) is 10.6. The number of anilines is 1. The average Bonchev–Trinajstić information content (AvgIpc) is 2.78.